The second kappa shape index (κ2) is 10.8. The van der Waals surface area contributed by atoms with E-state index in [-0.39, 0.29) is 32.5 Å². The van der Waals surface area contributed by atoms with Crippen molar-refractivity contribution in [3.63, 3.8) is 0 Å². The molecule has 0 spiro atoms. The first-order valence-corrected chi connectivity index (χ1v) is 13.4. The normalized spacial score (nSPS) is 11.1. The van der Waals surface area contributed by atoms with Crippen LogP contribution in [-0.4, -0.2) is 20.1 Å². The van der Waals surface area contributed by atoms with Gasteiger partial charge in [0, 0.05) is 27.4 Å². The maximum Gasteiger partial charge on any atom is 0.263 e. The highest BCUT2D eigenvalue weighted by Crippen LogP contribution is 2.28. The second-order valence-corrected chi connectivity index (χ2v) is 10.9. The number of aryl methyl sites for hydroxylation is 2. The van der Waals surface area contributed by atoms with Gasteiger partial charge >= 0.3 is 0 Å². The van der Waals surface area contributed by atoms with Crippen LogP contribution < -0.4 is 10.0 Å². The first kappa shape index (κ1) is 26.4. The van der Waals surface area contributed by atoms with Crippen molar-refractivity contribution >= 4 is 56.3 Å². The SMILES string of the molecule is Cc1ccc(NS(=O)(=O)c2cc(C(=O)Nc3ccc(Cl)cc3C(=O)c3ccccc3)ccc2Cl)cc1C. The van der Waals surface area contributed by atoms with Gasteiger partial charge in [-0.1, -0.05) is 59.6 Å². The first-order chi connectivity index (χ1) is 17.5. The Balaban J connectivity index is 1.63. The number of hydrogen-bond donors (Lipinski definition) is 2. The van der Waals surface area contributed by atoms with Crippen molar-refractivity contribution in [2.24, 2.45) is 0 Å². The van der Waals surface area contributed by atoms with E-state index in [0.29, 0.717) is 16.3 Å². The highest BCUT2D eigenvalue weighted by molar-refractivity contribution is 7.92. The van der Waals surface area contributed by atoms with Crippen LogP contribution in [0.25, 0.3) is 0 Å². The van der Waals surface area contributed by atoms with Gasteiger partial charge < -0.3 is 5.32 Å². The lowest BCUT2D eigenvalue weighted by molar-refractivity contribution is 0.102. The van der Waals surface area contributed by atoms with E-state index in [1.165, 1.54) is 30.3 Å². The minimum absolute atomic E-state index is 0.0397. The lowest BCUT2D eigenvalue weighted by Gasteiger charge is -2.14. The number of halogens is 2. The summed E-state index contributed by atoms with van der Waals surface area (Å²) in [5, 5.41) is 2.98. The number of carbonyl (C=O) groups excluding carboxylic acids is 2. The van der Waals surface area contributed by atoms with E-state index in [1.807, 2.05) is 13.8 Å². The van der Waals surface area contributed by atoms with E-state index in [2.05, 4.69) is 10.0 Å². The van der Waals surface area contributed by atoms with E-state index < -0.39 is 15.9 Å². The number of rotatable bonds is 7. The second-order valence-electron chi connectivity index (χ2n) is 8.39. The van der Waals surface area contributed by atoms with E-state index in [1.54, 1.807) is 54.6 Å². The Kier molecular flexibility index (Phi) is 7.68. The van der Waals surface area contributed by atoms with Crippen molar-refractivity contribution in [3.8, 4) is 0 Å². The standard InChI is InChI=1S/C28H22Cl2N2O4S/c1-17-8-11-22(14-18(17)2)32-37(35,36)26-15-20(9-12-24(26)30)28(34)31-25-13-10-21(29)16-23(25)27(33)19-6-4-3-5-7-19/h3-16,32H,1-2H3,(H,31,34). The molecule has 0 fully saturated rings. The third kappa shape index (κ3) is 6.02. The topological polar surface area (TPSA) is 92.3 Å². The van der Waals surface area contributed by atoms with Crippen molar-refractivity contribution in [1.82, 2.24) is 0 Å². The zero-order valence-electron chi connectivity index (χ0n) is 19.9. The fourth-order valence-corrected chi connectivity index (χ4v) is 5.37. The zero-order chi connectivity index (χ0) is 26.7. The first-order valence-electron chi connectivity index (χ1n) is 11.2. The molecule has 0 unspecified atom stereocenters. The Morgan fingerprint density at radius 1 is 0.757 bits per heavy atom. The van der Waals surface area contributed by atoms with Crippen LogP contribution in [0.5, 0.6) is 0 Å². The molecule has 0 aliphatic rings. The summed E-state index contributed by atoms with van der Waals surface area (Å²) in [5.74, 6) is -0.945. The van der Waals surface area contributed by atoms with E-state index in [0.717, 1.165) is 11.1 Å². The van der Waals surface area contributed by atoms with Gasteiger partial charge in [-0.2, -0.15) is 0 Å². The van der Waals surface area contributed by atoms with Crippen molar-refractivity contribution < 1.29 is 18.0 Å². The molecule has 6 nitrogen and oxygen atoms in total. The molecule has 0 heterocycles. The maximum atomic E-state index is 13.1. The Labute approximate surface area is 225 Å². The van der Waals surface area contributed by atoms with Crippen molar-refractivity contribution in [3.05, 3.63) is 123 Å². The fraction of sp³-hybridized carbons (Fsp3) is 0.0714. The van der Waals surface area contributed by atoms with Crippen LogP contribution in [0.15, 0.2) is 89.8 Å². The molecule has 0 aliphatic carbocycles. The smallest absolute Gasteiger partial charge is 0.263 e. The van der Waals surface area contributed by atoms with Gasteiger partial charge in [-0.3, -0.25) is 14.3 Å². The number of carbonyl (C=O) groups is 2. The summed E-state index contributed by atoms with van der Waals surface area (Å²) < 4.78 is 28.7. The predicted octanol–water partition coefficient (Wildman–Crippen LogP) is 6.89. The summed E-state index contributed by atoms with van der Waals surface area (Å²) in [6.45, 7) is 3.80. The average molecular weight is 553 g/mol. The van der Waals surface area contributed by atoms with Gasteiger partial charge in [0.05, 0.1) is 10.7 Å². The lowest BCUT2D eigenvalue weighted by atomic mass is 10.0. The monoisotopic (exact) mass is 552 g/mol. The fourth-order valence-electron chi connectivity index (χ4n) is 3.62. The van der Waals surface area contributed by atoms with Crippen molar-refractivity contribution in [1.29, 1.82) is 0 Å². The number of sulfonamides is 1. The quantitative estimate of drug-likeness (QED) is 0.244. The molecule has 4 aromatic rings. The van der Waals surface area contributed by atoms with E-state index in [4.69, 9.17) is 23.2 Å². The summed E-state index contributed by atoms with van der Waals surface area (Å²) >= 11 is 12.3. The molecular weight excluding hydrogens is 531 g/mol. The van der Waals surface area contributed by atoms with Crippen LogP contribution in [0, 0.1) is 13.8 Å². The number of benzene rings is 4. The number of amides is 1. The lowest BCUT2D eigenvalue weighted by Crippen LogP contribution is -2.18. The summed E-state index contributed by atoms with van der Waals surface area (Å²) in [5.41, 5.74) is 3.21. The largest absolute Gasteiger partial charge is 0.321 e. The van der Waals surface area contributed by atoms with E-state index in [9.17, 15) is 18.0 Å². The summed E-state index contributed by atoms with van der Waals surface area (Å²) in [7, 11) is -4.10. The third-order valence-corrected chi connectivity index (χ3v) is 7.85. The minimum Gasteiger partial charge on any atom is -0.321 e. The molecule has 4 rings (SSSR count). The molecule has 0 atom stereocenters. The van der Waals surface area contributed by atoms with E-state index >= 15 is 0 Å². The highest BCUT2D eigenvalue weighted by Gasteiger charge is 2.22. The van der Waals surface area contributed by atoms with Gasteiger partial charge in [-0.15, -0.1) is 0 Å². The van der Waals surface area contributed by atoms with Crippen LogP contribution in [0.4, 0.5) is 11.4 Å². The Hall–Kier alpha value is -3.65. The van der Waals surface area contributed by atoms with Crippen LogP contribution in [0.1, 0.15) is 37.4 Å². The molecule has 0 aromatic heterocycles. The molecule has 2 N–H and O–H groups in total. The number of anilines is 2. The minimum atomic E-state index is -4.10. The van der Waals surface area contributed by atoms with Crippen molar-refractivity contribution in [2.75, 3.05) is 10.0 Å². The molecular formula is C28H22Cl2N2O4S. The van der Waals surface area contributed by atoms with Crippen LogP contribution >= 0.6 is 23.2 Å². The molecule has 9 heteroatoms. The molecule has 0 saturated carbocycles. The molecule has 0 bridgehead atoms. The van der Waals surface area contributed by atoms with Crippen LogP contribution in [0.3, 0.4) is 0 Å². The van der Waals surface area contributed by atoms with Crippen LogP contribution in [0.2, 0.25) is 10.0 Å². The van der Waals surface area contributed by atoms with Gasteiger partial charge in [-0.25, -0.2) is 8.42 Å². The van der Waals surface area contributed by atoms with Gasteiger partial charge in [0.25, 0.3) is 15.9 Å². The number of nitrogens with one attached hydrogen (secondary N) is 2. The predicted molar refractivity (Wildman–Crippen MR) is 147 cm³/mol. The van der Waals surface area contributed by atoms with Gasteiger partial charge in [0.15, 0.2) is 5.78 Å². The molecule has 188 valence electrons. The summed E-state index contributed by atoms with van der Waals surface area (Å²) in [6, 6.07) is 22.2. The zero-order valence-corrected chi connectivity index (χ0v) is 22.2. The molecule has 1 amide bonds. The molecule has 0 aliphatic heterocycles. The maximum absolute atomic E-state index is 13.1. The molecule has 4 aromatic carbocycles. The van der Waals surface area contributed by atoms with Gasteiger partial charge in [0.1, 0.15) is 4.90 Å². The number of ketones is 1. The Morgan fingerprint density at radius 3 is 2.19 bits per heavy atom. The average Bonchev–Trinajstić information content (AvgIpc) is 2.87. The summed E-state index contributed by atoms with van der Waals surface area (Å²) in [6.07, 6.45) is 0. The van der Waals surface area contributed by atoms with Gasteiger partial charge in [-0.05, 0) is 73.5 Å². The van der Waals surface area contributed by atoms with Gasteiger partial charge in [0.2, 0.25) is 0 Å². The molecule has 0 radical (unpaired) electrons. The Bertz CT molecular complexity index is 1620. The molecule has 0 saturated heterocycles. The summed E-state index contributed by atoms with van der Waals surface area (Å²) in [4.78, 5) is 25.9. The van der Waals surface area contributed by atoms with Crippen LogP contribution in [-0.2, 0) is 10.0 Å². The Morgan fingerprint density at radius 2 is 1.49 bits per heavy atom. The third-order valence-electron chi connectivity index (χ3n) is 5.75. The van der Waals surface area contributed by atoms with Crippen molar-refractivity contribution in [2.45, 2.75) is 18.7 Å². The number of hydrogen-bond acceptors (Lipinski definition) is 4. The highest BCUT2D eigenvalue weighted by atomic mass is 35.5. The molecule has 37 heavy (non-hydrogen) atoms.